The lowest BCUT2D eigenvalue weighted by Gasteiger charge is -2.53. The minimum atomic E-state index is -3.68. The number of unbranched alkanes of at least 4 members (excludes halogenated alkanes) is 20. The van der Waals surface area contributed by atoms with E-state index >= 15 is 0 Å². The molecule has 53 heteroatoms. The van der Waals surface area contributed by atoms with Crippen molar-refractivity contribution in [1.29, 1.82) is 0 Å². The fourth-order valence-electron chi connectivity index (χ4n) is 19.6. The highest BCUT2D eigenvalue weighted by Gasteiger charge is 2.67. The Labute approximate surface area is 851 Å². The van der Waals surface area contributed by atoms with Gasteiger partial charge in [-0.3, -0.25) is 24.0 Å². The summed E-state index contributed by atoms with van der Waals surface area (Å²) < 4.78 is 83.6. The maximum Gasteiger partial charge on any atom is 0.364 e. The number of aliphatic carboxylic acids is 3. The van der Waals surface area contributed by atoms with Gasteiger partial charge >= 0.3 is 17.9 Å². The number of amides is 5. The maximum atomic E-state index is 14.3. The number of aliphatic hydroxyl groups excluding tert-OH is 23. The first-order valence-electron chi connectivity index (χ1n) is 51.2. The fraction of sp³-hybridized carbons (Fsp3) is 0.915. The number of nitrogens with one attached hydrogen (secondary N) is 5. The second-order valence-corrected chi connectivity index (χ2v) is 39.6. The summed E-state index contributed by atoms with van der Waals surface area (Å²) in [5, 5.41) is 309. The monoisotopic (exact) mass is 2130 g/mol. The SMILES string of the molecule is CCCCCCCCCCCCCCCC(=O)N[C@@H](CO[C@@H]1O[C@H](CO)[C@@H](O[C@@H]2O[C@H](CO)[C@H](O)[C@H](O[C@@H]3O[C@H](CO)[C@H](O)[C@H](O[C@]4(C(=O)O)C[C@H](O)[C@@H](NC(C)=O)[C@H]([C@H](O)[C@@H](CO)O[C@@H]5O[C@H](CO)[C@H](O[C@]6(C(=O)O)C[C@H](O)[C@@H](NC(C)=O)[C@H]([C@H](O)[C@H](O)CO)O6)[C@H](O[C@]6(C(=O)O)C[C@H](O)[C@@H](NC(C)=O)[C@H]([C@H](O)[C@H](O)CO)O6)[C@H]5O)O4)[C@H]3NC(C)=O)[C@H]2O)[C@H](O)[C@H]1O)[C@H](O)[C@H](O)CCCCCCCCCCCC(C)CC. The normalized spacial score (nSPS) is 35.9. The molecule has 7 fully saturated rings. The van der Waals surface area contributed by atoms with Crippen LogP contribution in [0.1, 0.15) is 235 Å². The molecule has 7 aliphatic rings. The summed E-state index contributed by atoms with van der Waals surface area (Å²) in [6.07, 6.45) is -56.5. The molecule has 0 bridgehead atoms. The van der Waals surface area contributed by atoms with Crippen molar-refractivity contribution in [3.63, 3.8) is 0 Å². The van der Waals surface area contributed by atoms with Crippen molar-refractivity contribution in [2.45, 2.75) is 484 Å². The molecule has 7 aliphatic heterocycles. The quantitative estimate of drug-likeness (QED) is 0.0252. The Kier molecular flexibility index (Phi) is 54.2. The largest absolute Gasteiger partial charge is 0.477 e. The van der Waals surface area contributed by atoms with Gasteiger partial charge in [0.15, 0.2) is 25.2 Å². The molecule has 1 unspecified atom stereocenters. The average Bonchev–Trinajstić information content (AvgIpc) is 0.744. The van der Waals surface area contributed by atoms with E-state index in [9.17, 15) is 171 Å². The van der Waals surface area contributed by atoms with Crippen LogP contribution in [0.3, 0.4) is 0 Å². The van der Waals surface area contributed by atoms with Crippen LogP contribution in [-0.2, 0) is 105 Å². The summed E-state index contributed by atoms with van der Waals surface area (Å²) in [6, 6.07) is -9.64. The zero-order valence-corrected chi connectivity index (χ0v) is 84.3. The Morgan fingerprint density at radius 1 is 0.367 bits per heavy atom. The highest BCUT2D eigenvalue weighted by molar-refractivity contribution is 5.79. The standard InChI is InChI=1S/C94H165N5O48/c1-8-10-11-12-13-14-15-16-17-21-24-27-30-33-62(117)99-50(67(118)51(111)32-29-26-23-20-18-19-22-25-28-31-45(3)9-2)44-134-86-74(125)73(124)77(60(42-105)138-86)140-88-75(126)83(72(123)59(41-104)137-88)141-85-66(98-49(7)110)82(71(122)57(39-102)135-85)146-93(90(130)131)35-54(114)65(97-48(6)109)81(145-93)70(121)58(40-103)136-87-76(127)84(147-94(91(132)133)36-53(113)64(96-47(5)108)80(144-94)69(120)56(116)38-101)78(61(43-106)139-87)142-92(89(128)129)34-52(112)63(95-46(4)107)79(143-92)68(119)55(115)37-100/h45,50-61,63-88,100-106,111-116,118-127H,8-44H2,1-7H3,(H,95,107)(H,96,108)(H,97,109)(H,98,110)(H,99,117)(H,128,129)(H,130,131)(H,132,133)/t45?,50-,51+,52-,53-,54-,55+,56+,57+,58+,59+,60+,61+,63+,64+,65+,66+,67-,68+,69+,70+,71-,72-,73+,74+,75+,76+,77+,78-,79+,80+,81+,82+,83-,84+,85-,86+,87+,88-,92+,93-,94-/m0/s1. The molecule has 0 aromatic carbocycles. The van der Waals surface area contributed by atoms with E-state index in [0.29, 0.717) is 18.8 Å². The highest BCUT2D eigenvalue weighted by Crippen LogP contribution is 2.46. The van der Waals surface area contributed by atoms with Gasteiger partial charge in [-0.1, -0.05) is 168 Å². The van der Waals surface area contributed by atoms with Crippen molar-refractivity contribution in [1.82, 2.24) is 26.6 Å². The van der Waals surface area contributed by atoms with Gasteiger partial charge in [0.1, 0.15) is 159 Å². The smallest absolute Gasteiger partial charge is 0.364 e. The average molecular weight is 2130 g/mol. The number of carboxylic acid groups (broad SMARTS) is 3. The van der Waals surface area contributed by atoms with Crippen LogP contribution < -0.4 is 26.6 Å². The molecule has 0 aliphatic carbocycles. The van der Waals surface area contributed by atoms with Crippen LogP contribution in [0.4, 0.5) is 0 Å². The number of ether oxygens (including phenoxy) is 14. The summed E-state index contributed by atoms with van der Waals surface area (Å²) in [7, 11) is 0. The fourth-order valence-corrected chi connectivity index (χ4v) is 19.6. The van der Waals surface area contributed by atoms with Crippen molar-refractivity contribution >= 4 is 47.4 Å². The lowest BCUT2D eigenvalue weighted by molar-refractivity contribution is -0.404. The first-order valence-corrected chi connectivity index (χ1v) is 51.2. The maximum absolute atomic E-state index is 14.3. The van der Waals surface area contributed by atoms with E-state index < -0.39 is 369 Å². The predicted octanol–water partition coefficient (Wildman–Crippen LogP) is -8.03. The minimum Gasteiger partial charge on any atom is -0.477 e. The first kappa shape index (κ1) is 128. The second-order valence-electron chi connectivity index (χ2n) is 39.6. The van der Waals surface area contributed by atoms with Crippen LogP contribution in [-0.4, -0.2) is 483 Å². The Balaban J connectivity index is 1.15. The van der Waals surface area contributed by atoms with Gasteiger partial charge in [0.25, 0.3) is 17.4 Å². The first-order chi connectivity index (χ1) is 69.7. The van der Waals surface area contributed by atoms with Crippen molar-refractivity contribution in [2.75, 3.05) is 52.9 Å². The van der Waals surface area contributed by atoms with Crippen molar-refractivity contribution in [3.05, 3.63) is 0 Å². The van der Waals surface area contributed by atoms with E-state index in [1.54, 1.807) is 0 Å². The van der Waals surface area contributed by atoms with Gasteiger partial charge in [0.05, 0.1) is 101 Å². The predicted molar refractivity (Wildman–Crippen MR) is 498 cm³/mol. The molecule has 5 amide bonds. The Bertz CT molecular complexity index is 3910. The molecule has 42 atom stereocenters. The summed E-state index contributed by atoms with van der Waals surface area (Å²) >= 11 is 0. The van der Waals surface area contributed by atoms with Crippen LogP contribution in [0.2, 0.25) is 0 Å². The van der Waals surface area contributed by atoms with Crippen LogP contribution in [0.25, 0.3) is 0 Å². The minimum absolute atomic E-state index is 0.0432. The van der Waals surface area contributed by atoms with E-state index in [1.165, 1.54) is 57.8 Å². The molecule has 854 valence electrons. The van der Waals surface area contributed by atoms with E-state index in [-0.39, 0.29) is 12.8 Å². The zero-order valence-electron chi connectivity index (χ0n) is 84.3. The summed E-state index contributed by atoms with van der Waals surface area (Å²) in [6.45, 7) is -0.0890. The zero-order chi connectivity index (χ0) is 109. The van der Waals surface area contributed by atoms with Crippen molar-refractivity contribution in [3.8, 4) is 0 Å². The Morgan fingerprint density at radius 3 is 1.14 bits per heavy atom. The van der Waals surface area contributed by atoms with Crippen LogP contribution in [0, 0.1) is 5.92 Å². The molecule has 31 N–H and O–H groups in total. The topological polar surface area (TPSA) is 852 Å². The van der Waals surface area contributed by atoms with Gasteiger partial charge in [-0.25, -0.2) is 14.4 Å². The number of hydrogen-bond acceptors (Lipinski definition) is 45. The highest BCUT2D eigenvalue weighted by atomic mass is 16.8. The third kappa shape index (κ3) is 35.4. The van der Waals surface area contributed by atoms with E-state index in [1.807, 2.05) is 0 Å². The lowest BCUT2D eigenvalue weighted by Crippen LogP contribution is -2.73. The third-order valence-electron chi connectivity index (χ3n) is 28.1. The van der Waals surface area contributed by atoms with Crippen molar-refractivity contribution in [2.24, 2.45) is 5.92 Å². The number of carbonyl (C=O) groups excluding carboxylic acids is 5. The van der Waals surface area contributed by atoms with E-state index in [4.69, 9.17) is 66.3 Å². The summed E-state index contributed by atoms with van der Waals surface area (Å²) in [4.78, 5) is 108. The number of carboxylic acids is 3. The number of rotatable bonds is 65. The summed E-state index contributed by atoms with van der Waals surface area (Å²) in [5.41, 5.74) is 0. The number of hydrogen-bond donors (Lipinski definition) is 31. The van der Waals surface area contributed by atoms with E-state index in [2.05, 4.69) is 47.4 Å². The van der Waals surface area contributed by atoms with Gasteiger partial charge in [0, 0.05) is 53.4 Å². The number of aliphatic hydroxyl groups is 23. The molecule has 7 saturated heterocycles. The molecule has 0 saturated carbocycles. The third-order valence-corrected chi connectivity index (χ3v) is 28.1. The molecular weight excluding hydrogens is 1970 g/mol. The Morgan fingerprint density at radius 2 is 0.728 bits per heavy atom. The van der Waals surface area contributed by atoms with Gasteiger partial charge < -0.3 is 226 Å². The molecular formula is C94H165N5O48. The van der Waals surface area contributed by atoms with Gasteiger partial charge in [-0.05, 0) is 18.8 Å². The molecule has 0 aromatic rings. The van der Waals surface area contributed by atoms with Crippen LogP contribution >= 0.6 is 0 Å². The molecule has 0 spiro atoms. The molecule has 0 radical (unpaired) electrons. The molecule has 53 nitrogen and oxygen atoms in total. The summed E-state index contributed by atoms with van der Waals surface area (Å²) in [5.74, 6) is -22.0. The van der Waals surface area contributed by atoms with Gasteiger partial charge in [-0.2, -0.15) is 0 Å². The van der Waals surface area contributed by atoms with Gasteiger partial charge in [0.2, 0.25) is 29.5 Å². The molecule has 7 rings (SSSR count). The molecule has 147 heavy (non-hydrogen) atoms. The molecule has 0 aromatic heterocycles. The van der Waals surface area contributed by atoms with Crippen molar-refractivity contribution < 1.29 is 237 Å². The second kappa shape index (κ2) is 62.1. The lowest BCUT2D eigenvalue weighted by atomic mass is 9.87. The van der Waals surface area contributed by atoms with Crippen LogP contribution in [0.5, 0.6) is 0 Å². The molecule has 7 heterocycles. The Hall–Kier alpha value is -5.72. The van der Waals surface area contributed by atoms with Crippen LogP contribution in [0.15, 0.2) is 0 Å². The number of carbonyl (C=O) groups is 8. The van der Waals surface area contributed by atoms with E-state index in [0.717, 1.165) is 111 Å². The van der Waals surface area contributed by atoms with Gasteiger partial charge in [-0.15, -0.1) is 0 Å².